The second-order valence-corrected chi connectivity index (χ2v) is 3.93. The van der Waals surface area contributed by atoms with E-state index < -0.39 is 0 Å². The summed E-state index contributed by atoms with van der Waals surface area (Å²) in [7, 11) is 0. The van der Waals surface area contributed by atoms with Crippen molar-refractivity contribution >= 4 is 24.0 Å². The summed E-state index contributed by atoms with van der Waals surface area (Å²) in [5.41, 5.74) is 0.834. The minimum Gasteiger partial charge on any atom is -0.371 e. The molecule has 16 heavy (non-hydrogen) atoms. The van der Waals surface area contributed by atoms with Crippen LogP contribution in [0.4, 0.5) is 0 Å². The molecule has 2 rings (SSSR count). The van der Waals surface area contributed by atoms with Gasteiger partial charge < -0.3 is 10.1 Å². The van der Waals surface area contributed by atoms with Crippen molar-refractivity contribution in [3.8, 4) is 0 Å². The highest BCUT2D eigenvalue weighted by molar-refractivity contribution is 6.28. The standard InChI is InChI=1S/C10H14ClN3O.ClH/c11-10-13-5-3-8(14-10)7-15-9-2-1-4-12-6-9;/h3,5,9,12H,1-2,4,6-7H2;1H/t9-;/m0./s1. The van der Waals surface area contributed by atoms with Crippen LogP contribution in [-0.2, 0) is 11.3 Å². The Morgan fingerprint density at radius 1 is 1.56 bits per heavy atom. The summed E-state index contributed by atoms with van der Waals surface area (Å²) in [6.07, 6.45) is 4.24. The van der Waals surface area contributed by atoms with Crippen molar-refractivity contribution in [1.82, 2.24) is 15.3 Å². The van der Waals surface area contributed by atoms with Gasteiger partial charge in [-0.15, -0.1) is 12.4 Å². The molecule has 1 saturated heterocycles. The zero-order chi connectivity index (χ0) is 10.5. The Labute approximate surface area is 106 Å². The predicted octanol–water partition coefficient (Wildman–Crippen LogP) is 1.82. The Balaban J connectivity index is 0.00000128. The Bertz CT molecular complexity index is 319. The van der Waals surface area contributed by atoms with Crippen LogP contribution in [0.15, 0.2) is 12.3 Å². The van der Waals surface area contributed by atoms with Crippen LogP contribution in [0.2, 0.25) is 5.28 Å². The minimum atomic E-state index is 0. The molecule has 6 heteroatoms. The number of rotatable bonds is 3. The zero-order valence-corrected chi connectivity index (χ0v) is 10.4. The summed E-state index contributed by atoms with van der Waals surface area (Å²) < 4.78 is 5.71. The summed E-state index contributed by atoms with van der Waals surface area (Å²) >= 11 is 5.68. The maximum absolute atomic E-state index is 5.71. The van der Waals surface area contributed by atoms with E-state index in [1.807, 2.05) is 6.07 Å². The molecule has 0 aromatic carbocycles. The molecule has 0 amide bonds. The monoisotopic (exact) mass is 263 g/mol. The number of hydrogen-bond donors (Lipinski definition) is 1. The Kier molecular flexibility index (Phi) is 5.98. The fraction of sp³-hybridized carbons (Fsp3) is 0.600. The maximum Gasteiger partial charge on any atom is 0.222 e. The van der Waals surface area contributed by atoms with Crippen molar-refractivity contribution in [1.29, 1.82) is 0 Å². The van der Waals surface area contributed by atoms with Crippen molar-refractivity contribution in [2.24, 2.45) is 0 Å². The number of nitrogens with zero attached hydrogens (tertiary/aromatic N) is 2. The molecular weight excluding hydrogens is 249 g/mol. The van der Waals surface area contributed by atoms with E-state index in [4.69, 9.17) is 16.3 Å². The van der Waals surface area contributed by atoms with Crippen LogP contribution in [0.5, 0.6) is 0 Å². The molecule has 0 aliphatic carbocycles. The Hall–Kier alpha value is -0.420. The highest BCUT2D eigenvalue weighted by Gasteiger charge is 2.13. The number of piperidine rings is 1. The first-order chi connectivity index (χ1) is 7.34. The highest BCUT2D eigenvalue weighted by Crippen LogP contribution is 2.09. The first-order valence-corrected chi connectivity index (χ1v) is 5.52. The number of aromatic nitrogens is 2. The molecule has 4 nitrogen and oxygen atoms in total. The normalized spacial score (nSPS) is 20.2. The predicted molar refractivity (Wildman–Crippen MR) is 65.0 cm³/mol. The van der Waals surface area contributed by atoms with E-state index in [1.54, 1.807) is 6.20 Å². The van der Waals surface area contributed by atoms with E-state index in [0.29, 0.717) is 12.7 Å². The third kappa shape index (κ3) is 4.22. The molecule has 0 radical (unpaired) electrons. The lowest BCUT2D eigenvalue weighted by Crippen LogP contribution is -2.35. The Morgan fingerprint density at radius 3 is 3.12 bits per heavy atom. The zero-order valence-electron chi connectivity index (χ0n) is 8.86. The molecule has 90 valence electrons. The van der Waals surface area contributed by atoms with E-state index in [-0.39, 0.29) is 17.7 Å². The molecule has 2 heterocycles. The number of nitrogens with one attached hydrogen (secondary N) is 1. The van der Waals surface area contributed by atoms with Crippen molar-refractivity contribution < 1.29 is 4.74 Å². The van der Waals surface area contributed by atoms with Crippen molar-refractivity contribution in [3.63, 3.8) is 0 Å². The highest BCUT2D eigenvalue weighted by atomic mass is 35.5. The number of ether oxygens (including phenoxy) is 1. The van der Waals surface area contributed by atoms with Crippen LogP contribution in [0, 0.1) is 0 Å². The first-order valence-electron chi connectivity index (χ1n) is 5.14. The Morgan fingerprint density at radius 2 is 2.44 bits per heavy atom. The van der Waals surface area contributed by atoms with E-state index in [0.717, 1.165) is 25.2 Å². The lowest BCUT2D eigenvalue weighted by Gasteiger charge is -2.22. The third-order valence-corrected chi connectivity index (χ3v) is 2.58. The molecule has 1 aliphatic heterocycles. The van der Waals surface area contributed by atoms with Gasteiger partial charge in [-0.2, -0.15) is 0 Å². The molecule has 0 bridgehead atoms. The molecule has 0 saturated carbocycles. The van der Waals surface area contributed by atoms with E-state index in [9.17, 15) is 0 Å². The van der Waals surface area contributed by atoms with Gasteiger partial charge in [0.25, 0.3) is 0 Å². The van der Waals surface area contributed by atoms with Gasteiger partial charge in [0.2, 0.25) is 5.28 Å². The molecule has 1 aliphatic rings. The molecule has 1 atom stereocenters. The summed E-state index contributed by atoms with van der Waals surface area (Å²) in [4.78, 5) is 7.89. The van der Waals surface area contributed by atoms with Crippen LogP contribution < -0.4 is 5.32 Å². The van der Waals surface area contributed by atoms with Crippen molar-refractivity contribution in [2.45, 2.75) is 25.6 Å². The molecule has 1 fully saturated rings. The fourth-order valence-corrected chi connectivity index (χ4v) is 1.78. The quantitative estimate of drug-likeness (QED) is 0.846. The maximum atomic E-state index is 5.71. The third-order valence-electron chi connectivity index (χ3n) is 2.40. The van der Waals surface area contributed by atoms with Crippen molar-refractivity contribution in [3.05, 3.63) is 23.2 Å². The largest absolute Gasteiger partial charge is 0.371 e. The summed E-state index contributed by atoms with van der Waals surface area (Å²) in [6, 6.07) is 1.82. The van der Waals surface area contributed by atoms with Crippen LogP contribution >= 0.6 is 24.0 Å². The summed E-state index contributed by atoms with van der Waals surface area (Å²) in [5, 5.41) is 3.57. The van der Waals surface area contributed by atoms with Crippen LogP contribution in [0.25, 0.3) is 0 Å². The summed E-state index contributed by atoms with van der Waals surface area (Å²) in [6.45, 7) is 2.53. The van der Waals surface area contributed by atoms with Gasteiger partial charge in [0.05, 0.1) is 18.4 Å². The lowest BCUT2D eigenvalue weighted by atomic mass is 10.1. The van der Waals surface area contributed by atoms with E-state index >= 15 is 0 Å². The van der Waals surface area contributed by atoms with Crippen molar-refractivity contribution in [2.75, 3.05) is 13.1 Å². The van der Waals surface area contributed by atoms with Gasteiger partial charge >= 0.3 is 0 Å². The van der Waals surface area contributed by atoms with Crippen LogP contribution in [0.3, 0.4) is 0 Å². The van der Waals surface area contributed by atoms with E-state index in [2.05, 4.69) is 15.3 Å². The topological polar surface area (TPSA) is 47.0 Å². The van der Waals surface area contributed by atoms with Crippen LogP contribution in [0.1, 0.15) is 18.5 Å². The molecule has 0 unspecified atom stereocenters. The van der Waals surface area contributed by atoms with Gasteiger partial charge in [-0.1, -0.05) is 0 Å². The number of halogens is 2. The average molecular weight is 264 g/mol. The van der Waals surface area contributed by atoms with E-state index in [1.165, 1.54) is 6.42 Å². The molecular formula is C10H15Cl2N3O. The molecule has 1 aromatic rings. The van der Waals surface area contributed by atoms with Gasteiger partial charge in [0, 0.05) is 12.7 Å². The lowest BCUT2D eigenvalue weighted by molar-refractivity contribution is 0.0236. The van der Waals surface area contributed by atoms with Gasteiger partial charge in [-0.3, -0.25) is 0 Å². The SMILES string of the molecule is Cl.Clc1nccc(CO[C@H]2CCCNC2)n1. The van der Waals surface area contributed by atoms with Gasteiger partial charge in [0.15, 0.2) is 0 Å². The average Bonchev–Trinajstić information content (AvgIpc) is 2.28. The summed E-state index contributed by atoms with van der Waals surface area (Å²) in [5.74, 6) is 0. The molecule has 1 N–H and O–H groups in total. The smallest absolute Gasteiger partial charge is 0.222 e. The molecule has 1 aromatic heterocycles. The van der Waals surface area contributed by atoms with Crippen LogP contribution in [-0.4, -0.2) is 29.2 Å². The minimum absolute atomic E-state index is 0. The van der Waals surface area contributed by atoms with Gasteiger partial charge in [-0.25, -0.2) is 9.97 Å². The van der Waals surface area contributed by atoms with Gasteiger partial charge in [0.1, 0.15) is 0 Å². The van der Waals surface area contributed by atoms with Gasteiger partial charge in [-0.05, 0) is 37.1 Å². The second-order valence-electron chi connectivity index (χ2n) is 3.60. The second kappa shape index (κ2) is 7.01. The first kappa shape index (κ1) is 13.6. The fourth-order valence-electron chi connectivity index (χ4n) is 1.62. The molecule has 0 spiro atoms. The number of hydrogen-bond acceptors (Lipinski definition) is 4.